The van der Waals surface area contributed by atoms with Crippen molar-refractivity contribution in [3.8, 4) is 10.4 Å². The number of hydrogen-bond donors (Lipinski definition) is 1. The van der Waals surface area contributed by atoms with E-state index in [1.54, 1.807) is 37.5 Å². The SMILES string of the molecule is C=O.CC(=O)C(C)C(=O)Nc1ccc(-c2sc3c(c2CN(C)Cc2ccccc2)c(=O)c(C(=O)C(C)C)cn3Cc2c(F)cccc2F)cc1. The van der Waals surface area contributed by atoms with Gasteiger partial charge in [-0.25, -0.2) is 8.78 Å². The van der Waals surface area contributed by atoms with Crippen LogP contribution in [0.1, 0.15) is 54.7 Å². The lowest BCUT2D eigenvalue weighted by Gasteiger charge is -2.18. The van der Waals surface area contributed by atoms with Crippen LogP contribution in [0, 0.1) is 23.5 Å². The fourth-order valence-electron chi connectivity index (χ4n) is 5.50. The average molecular weight is 700 g/mol. The number of aromatic nitrogens is 1. The molecule has 8 nitrogen and oxygen atoms in total. The first-order valence-electron chi connectivity index (χ1n) is 15.9. The molecule has 0 fully saturated rings. The van der Waals surface area contributed by atoms with Gasteiger partial charge in [-0.15, -0.1) is 11.3 Å². The van der Waals surface area contributed by atoms with E-state index < -0.39 is 34.8 Å². The van der Waals surface area contributed by atoms with Crippen molar-refractivity contribution in [3.63, 3.8) is 0 Å². The van der Waals surface area contributed by atoms with E-state index in [0.717, 1.165) is 16.0 Å². The van der Waals surface area contributed by atoms with Crippen LogP contribution in [0.3, 0.4) is 0 Å². The van der Waals surface area contributed by atoms with E-state index in [-0.39, 0.29) is 29.2 Å². The van der Waals surface area contributed by atoms with Gasteiger partial charge in [0.1, 0.15) is 29.0 Å². The normalized spacial score (nSPS) is 11.7. The molecule has 0 aliphatic heterocycles. The number of nitrogens with one attached hydrogen (secondary N) is 1. The Labute approximate surface area is 293 Å². The zero-order chi connectivity index (χ0) is 36.7. The molecule has 0 bridgehead atoms. The van der Waals surface area contributed by atoms with Crippen molar-refractivity contribution in [1.29, 1.82) is 0 Å². The Hall–Kier alpha value is -5.13. The van der Waals surface area contributed by atoms with Crippen LogP contribution in [0.2, 0.25) is 0 Å². The van der Waals surface area contributed by atoms with Crippen molar-refractivity contribution in [2.75, 3.05) is 12.4 Å². The first-order chi connectivity index (χ1) is 23.8. The Balaban J connectivity index is 0.00000276. The number of ketones is 2. The molecule has 2 heterocycles. The summed E-state index contributed by atoms with van der Waals surface area (Å²) in [5.74, 6) is -3.76. The first-order valence-corrected chi connectivity index (χ1v) is 16.8. The highest BCUT2D eigenvalue weighted by molar-refractivity contribution is 7.22. The molecule has 260 valence electrons. The largest absolute Gasteiger partial charge is 0.334 e. The lowest BCUT2D eigenvalue weighted by molar-refractivity contribution is -0.129. The minimum absolute atomic E-state index is 0.0387. The van der Waals surface area contributed by atoms with Crippen LogP contribution in [-0.2, 0) is 34.0 Å². The monoisotopic (exact) mass is 699 g/mol. The van der Waals surface area contributed by atoms with Crippen molar-refractivity contribution >= 4 is 51.5 Å². The molecule has 0 radical (unpaired) electrons. The van der Waals surface area contributed by atoms with Crippen molar-refractivity contribution in [2.24, 2.45) is 11.8 Å². The molecule has 0 saturated heterocycles. The molecule has 0 aliphatic carbocycles. The van der Waals surface area contributed by atoms with Crippen molar-refractivity contribution in [2.45, 2.75) is 47.3 Å². The molecular formula is C39H39F2N3O5S. The van der Waals surface area contributed by atoms with Gasteiger partial charge in [-0.1, -0.05) is 62.4 Å². The second kappa shape index (κ2) is 16.5. The maximum atomic E-state index is 14.9. The van der Waals surface area contributed by atoms with E-state index in [1.807, 2.05) is 56.3 Å². The van der Waals surface area contributed by atoms with E-state index in [2.05, 4.69) is 10.2 Å². The number of pyridine rings is 1. The third-order valence-corrected chi connectivity index (χ3v) is 9.65. The van der Waals surface area contributed by atoms with E-state index in [1.165, 1.54) is 42.7 Å². The molecule has 11 heteroatoms. The molecule has 2 aromatic heterocycles. The third-order valence-electron chi connectivity index (χ3n) is 8.33. The lowest BCUT2D eigenvalue weighted by Crippen LogP contribution is -2.25. The number of carbonyl (C=O) groups excluding carboxylic acids is 4. The second-order valence-electron chi connectivity index (χ2n) is 12.4. The van der Waals surface area contributed by atoms with E-state index >= 15 is 0 Å². The molecule has 1 N–H and O–H groups in total. The molecular weight excluding hydrogens is 661 g/mol. The Morgan fingerprint density at radius 3 is 2.08 bits per heavy atom. The number of rotatable bonds is 12. The van der Waals surface area contributed by atoms with Crippen molar-refractivity contribution < 1.29 is 28.0 Å². The number of halogens is 2. The molecule has 5 rings (SSSR count). The van der Waals surface area contributed by atoms with Crippen LogP contribution < -0.4 is 10.7 Å². The highest BCUT2D eigenvalue weighted by Crippen LogP contribution is 2.39. The van der Waals surface area contributed by atoms with Crippen molar-refractivity contribution in [3.05, 3.63) is 123 Å². The summed E-state index contributed by atoms with van der Waals surface area (Å²) in [6.07, 6.45) is 1.42. The van der Waals surface area contributed by atoms with Crippen molar-refractivity contribution in [1.82, 2.24) is 9.47 Å². The molecule has 0 aliphatic rings. The number of fused-ring (bicyclic) bond motifs is 1. The average Bonchev–Trinajstić information content (AvgIpc) is 3.47. The maximum Gasteiger partial charge on any atom is 0.234 e. The smallest absolute Gasteiger partial charge is 0.234 e. The summed E-state index contributed by atoms with van der Waals surface area (Å²) < 4.78 is 31.4. The summed E-state index contributed by atoms with van der Waals surface area (Å²) in [5, 5.41) is 3.09. The summed E-state index contributed by atoms with van der Waals surface area (Å²) in [5.41, 5.74) is 2.36. The topological polar surface area (TPSA) is 106 Å². The zero-order valence-corrected chi connectivity index (χ0v) is 29.4. The summed E-state index contributed by atoms with van der Waals surface area (Å²) in [6, 6.07) is 20.6. The van der Waals surface area contributed by atoms with Crippen LogP contribution in [0.25, 0.3) is 20.7 Å². The maximum absolute atomic E-state index is 14.9. The Morgan fingerprint density at radius 1 is 0.880 bits per heavy atom. The molecule has 1 unspecified atom stereocenters. The number of hydrogen-bond acceptors (Lipinski definition) is 7. The van der Waals surface area contributed by atoms with Crippen LogP contribution in [0.15, 0.2) is 83.8 Å². The number of amides is 1. The molecule has 3 aromatic carbocycles. The highest BCUT2D eigenvalue weighted by Gasteiger charge is 2.26. The van der Waals surface area contributed by atoms with Crippen LogP contribution in [0.4, 0.5) is 14.5 Å². The fourth-order valence-corrected chi connectivity index (χ4v) is 6.79. The number of benzene rings is 3. The second-order valence-corrected chi connectivity index (χ2v) is 13.4. The minimum Gasteiger partial charge on any atom is -0.334 e. The van der Waals surface area contributed by atoms with Gasteiger partial charge < -0.3 is 14.7 Å². The Bertz CT molecular complexity index is 2050. The van der Waals surface area contributed by atoms with Gasteiger partial charge >= 0.3 is 0 Å². The lowest BCUT2D eigenvalue weighted by atomic mass is 9.99. The summed E-state index contributed by atoms with van der Waals surface area (Å²) in [6.45, 7) is 9.00. The molecule has 1 atom stereocenters. The first kappa shape index (κ1) is 37.7. The standard InChI is InChI=1S/C38H37F2N3O4S.CH2O/c1-22(2)34(45)30-21-43(20-28-31(39)12-9-13-32(28)40)38-33(35(30)46)29(19-42(5)18-25-10-7-6-8-11-25)36(48-38)26-14-16-27(17-15-26)41-37(47)23(3)24(4)44;1-2/h6-17,21-23H,18-20H2,1-5H3,(H,41,47);1H2. The van der Waals surface area contributed by atoms with Crippen LogP contribution >= 0.6 is 11.3 Å². The summed E-state index contributed by atoms with van der Waals surface area (Å²) >= 11 is 1.30. The van der Waals surface area contributed by atoms with E-state index in [0.29, 0.717) is 34.6 Å². The molecule has 50 heavy (non-hydrogen) atoms. The number of anilines is 1. The van der Waals surface area contributed by atoms with Gasteiger partial charge in [-0.3, -0.25) is 24.1 Å². The zero-order valence-electron chi connectivity index (χ0n) is 28.6. The number of Topliss-reactive ketones (excluding diaryl/α,β-unsaturated/α-hetero) is 2. The minimum atomic E-state index is -0.799. The van der Waals surface area contributed by atoms with Gasteiger partial charge in [0.05, 0.1) is 23.4 Å². The van der Waals surface area contributed by atoms with Gasteiger partial charge in [-0.05, 0) is 61.9 Å². The van der Waals surface area contributed by atoms with Gasteiger partial charge in [0.25, 0.3) is 0 Å². The van der Waals surface area contributed by atoms with Gasteiger partial charge in [0.15, 0.2) is 5.78 Å². The predicted octanol–water partition coefficient (Wildman–Crippen LogP) is 7.51. The predicted molar refractivity (Wildman–Crippen MR) is 193 cm³/mol. The number of nitrogens with zero attached hydrogens (tertiary/aromatic N) is 2. The van der Waals surface area contributed by atoms with Crippen LogP contribution in [0.5, 0.6) is 0 Å². The summed E-state index contributed by atoms with van der Waals surface area (Å²) in [4.78, 5) is 63.1. The number of carbonyl (C=O) groups is 4. The molecule has 1 amide bonds. The molecule has 0 spiro atoms. The van der Waals surface area contributed by atoms with E-state index in [9.17, 15) is 28.0 Å². The van der Waals surface area contributed by atoms with Gasteiger partial charge in [0, 0.05) is 41.3 Å². The van der Waals surface area contributed by atoms with Gasteiger partial charge in [0.2, 0.25) is 11.3 Å². The Morgan fingerprint density at radius 2 is 1.50 bits per heavy atom. The quantitative estimate of drug-likeness (QED) is 0.107. The van der Waals surface area contributed by atoms with Gasteiger partial charge in [-0.2, -0.15) is 0 Å². The third kappa shape index (κ3) is 8.35. The Kier molecular flexibility index (Phi) is 12.4. The van der Waals surface area contributed by atoms with Crippen LogP contribution in [-0.4, -0.2) is 40.8 Å². The highest BCUT2D eigenvalue weighted by atomic mass is 32.1. The summed E-state index contributed by atoms with van der Waals surface area (Å²) in [7, 11) is 1.94. The number of thiophene rings is 1. The molecule has 5 aromatic rings. The van der Waals surface area contributed by atoms with E-state index in [4.69, 9.17) is 4.79 Å². The fraction of sp³-hybridized carbons (Fsp3) is 0.256. The molecule has 0 saturated carbocycles.